The fourth-order valence-corrected chi connectivity index (χ4v) is 1.53. The van der Waals surface area contributed by atoms with Crippen LogP contribution in [0, 0.1) is 0 Å². The summed E-state index contributed by atoms with van der Waals surface area (Å²) >= 11 is 0. The molecule has 0 saturated carbocycles. The number of hydrogen-bond acceptors (Lipinski definition) is 3. The van der Waals surface area contributed by atoms with Crippen LogP contribution in [0.1, 0.15) is 15.9 Å². The fourth-order valence-electron chi connectivity index (χ4n) is 1.53. The quantitative estimate of drug-likeness (QED) is 0.809. The van der Waals surface area contributed by atoms with E-state index in [1.54, 1.807) is 0 Å². The van der Waals surface area contributed by atoms with Gasteiger partial charge in [-0.3, -0.25) is 0 Å². The lowest BCUT2D eigenvalue weighted by Crippen LogP contribution is -2.02. The highest BCUT2D eigenvalue weighted by Gasteiger charge is 2.07. The molecule has 2 aromatic carbocycles. The Morgan fingerprint density at radius 1 is 1.17 bits per heavy atom. The van der Waals surface area contributed by atoms with Gasteiger partial charge in [-0.2, -0.15) is 0 Å². The molecule has 0 heterocycles. The topological polar surface area (TPSA) is 72.6 Å². The molecule has 4 heteroatoms. The molecule has 0 aliphatic rings. The fraction of sp³-hybridized carbons (Fsp3) is 0.0714. The second-order valence-corrected chi connectivity index (χ2v) is 3.83. The van der Waals surface area contributed by atoms with Crippen molar-refractivity contribution in [1.82, 2.24) is 0 Å². The molecule has 0 unspecified atom stereocenters. The Morgan fingerprint density at radius 3 is 2.56 bits per heavy atom. The first-order valence-electron chi connectivity index (χ1n) is 5.46. The third-order valence-corrected chi connectivity index (χ3v) is 2.50. The summed E-state index contributed by atoms with van der Waals surface area (Å²) in [6.07, 6.45) is 0. The van der Waals surface area contributed by atoms with Crippen LogP contribution in [0.5, 0.6) is 5.75 Å². The number of aromatic carboxylic acids is 1. The van der Waals surface area contributed by atoms with E-state index in [9.17, 15) is 4.79 Å². The summed E-state index contributed by atoms with van der Waals surface area (Å²) in [6.45, 7) is 0.355. The van der Waals surface area contributed by atoms with E-state index < -0.39 is 5.97 Å². The number of ether oxygens (including phenoxy) is 1. The van der Waals surface area contributed by atoms with Crippen LogP contribution in [-0.2, 0) is 6.61 Å². The molecule has 92 valence electrons. The number of hydrogen-bond donors (Lipinski definition) is 2. The molecule has 0 amide bonds. The number of nitrogen functional groups attached to an aromatic ring is 1. The molecule has 0 radical (unpaired) electrons. The minimum absolute atomic E-state index is 0.160. The van der Waals surface area contributed by atoms with Gasteiger partial charge in [0.05, 0.1) is 11.3 Å². The zero-order valence-corrected chi connectivity index (χ0v) is 9.67. The second kappa shape index (κ2) is 5.23. The maximum atomic E-state index is 10.8. The lowest BCUT2D eigenvalue weighted by molar-refractivity contribution is 0.0696. The smallest absolute Gasteiger partial charge is 0.335 e. The van der Waals surface area contributed by atoms with E-state index in [0.29, 0.717) is 18.0 Å². The molecule has 18 heavy (non-hydrogen) atoms. The van der Waals surface area contributed by atoms with Crippen LogP contribution in [0.2, 0.25) is 0 Å². The van der Waals surface area contributed by atoms with Gasteiger partial charge >= 0.3 is 5.97 Å². The van der Waals surface area contributed by atoms with Crippen LogP contribution in [0.4, 0.5) is 5.69 Å². The number of anilines is 1. The largest absolute Gasteiger partial charge is 0.487 e. The van der Waals surface area contributed by atoms with Gasteiger partial charge in [-0.15, -0.1) is 0 Å². The van der Waals surface area contributed by atoms with E-state index >= 15 is 0 Å². The van der Waals surface area contributed by atoms with E-state index in [4.69, 9.17) is 15.6 Å². The summed E-state index contributed by atoms with van der Waals surface area (Å²) in [6, 6.07) is 14.0. The minimum atomic E-state index is -1.00. The van der Waals surface area contributed by atoms with Crippen molar-refractivity contribution in [3.05, 3.63) is 59.7 Å². The zero-order chi connectivity index (χ0) is 13.0. The van der Waals surface area contributed by atoms with Crippen molar-refractivity contribution in [2.45, 2.75) is 6.61 Å². The molecule has 0 spiro atoms. The molecule has 0 bridgehead atoms. The normalized spacial score (nSPS) is 10.0. The van der Waals surface area contributed by atoms with Gasteiger partial charge in [0.1, 0.15) is 12.4 Å². The van der Waals surface area contributed by atoms with Gasteiger partial charge in [-0.1, -0.05) is 30.3 Å². The average molecular weight is 243 g/mol. The first kappa shape index (κ1) is 12.0. The van der Waals surface area contributed by atoms with Gasteiger partial charge in [0.2, 0.25) is 0 Å². The Bertz CT molecular complexity index is 552. The summed E-state index contributed by atoms with van der Waals surface area (Å²) in [5.74, 6) is -0.613. The first-order valence-corrected chi connectivity index (χ1v) is 5.46. The Morgan fingerprint density at radius 2 is 1.89 bits per heavy atom. The predicted molar refractivity (Wildman–Crippen MR) is 68.6 cm³/mol. The summed E-state index contributed by atoms with van der Waals surface area (Å²) in [7, 11) is 0. The molecule has 3 N–H and O–H groups in total. The van der Waals surface area contributed by atoms with E-state index in [0.717, 1.165) is 5.56 Å². The van der Waals surface area contributed by atoms with E-state index in [1.807, 2.05) is 30.3 Å². The molecule has 0 saturated heterocycles. The van der Waals surface area contributed by atoms with Crippen molar-refractivity contribution in [2.24, 2.45) is 0 Å². The van der Waals surface area contributed by atoms with Gasteiger partial charge in [0, 0.05) is 0 Å². The number of nitrogens with two attached hydrogens (primary N) is 1. The van der Waals surface area contributed by atoms with Crippen LogP contribution >= 0.6 is 0 Å². The number of rotatable bonds is 4. The Labute approximate surface area is 105 Å². The van der Waals surface area contributed by atoms with Crippen molar-refractivity contribution in [2.75, 3.05) is 5.73 Å². The van der Waals surface area contributed by atoms with Crippen molar-refractivity contribution in [3.8, 4) is 5.75 Å². The SMILES string of the molecule is Nc1ccc(C(=O)O)cc1OCc1ccccc1. The van der Waals surface area contributed by atoms with Gasteiger partial charge in [0.15, 0.2) is 0 Å². The third-order valence-electron chi connectivity index (χ3n) is 2.50. The summed E-state index contributed by atoms with van der Waals surface area (Å²) in [5, 5.41) is 8.89. The standard InChI is InChI=1S/C14H13NO3/c15-12-7-6-11(14(16)17)8-13(12)18-9-10-4-2-1-3-5-10/h1-8H,9,15H2,(H,16,17). The molecule has 2 rings (SSSR count). The number of benzene rings is 2. The minimum Gasteiger partial charge on any atom is -0.487 e. The molecule has 0 aliphatic carbocycles. The highest BCUT2D eigenvalue weighted by Crippen LogP contribution is 2.23. The number of carboxylic acid groups (broad SMARTS) is 1. The van der Waals surface area contributed by atoms with E-state index in [2.05, 4.69) is 0 Å². The van der Waals surface area contributed by atoms with Crippen LogP contribution in [0.3, 0.4) is 0 Å². The van der Waals surface area contributed by atoms with Crippen molar-refractivity contribution >= 4 is 11.7 Å². The van der Waals surface area contributed by atoms with Crippen LogP contribution in [0.15, 0.2) is 48.5 Å². The van der Waals surface area contributed by atoms with Gasteiger partial charge in [0.25, 0.3) is 0 Å². The molecule has 4 nitrogen and oxygen atoms in total. The third kappa shape index (κ3) is 2.79. The number of carboxylic acids is 1. The molecular weight excluding hydrogens is 230 g/mol. The van der Waals surface area contributed by atoms with Gasteiger partial charge in [-0.25, -0.2) is 4.79 Å². The molecular formula is C14H13NO3. The predicted octanol–water partition coefficient (Wildman–Crippen LogP) is 2.55. The van der Waals surface area contributed by atoms with Crippen LogP contribution in [-0.4, -0.2) is 11.1 Å². The van der Waals surface area contributed by atoms with E-state index in [1.165, 1.54) is 18.2 Å². The Balaban J connectivity index is 2.14. The summed E-state index contributed by atoms with van der Waals surface area (Å²) < 4.78 is 5.53. The molecule has 0 aliphatic heterocycles. The van der Waals surface area contributed by atoms with Crippen molar-refractivity contribution in [3.63, 3.8) is 0 Å². The Kier molecular flexibility index (Phi) is 3.48. The maximum absolute atomic E-state index is 10.8. The summed E-state index contributed by atoms with van der Waals surface area (Å²) in [5.41, 5.74) is 7.32. The average Bonchev–Trinajstić information content (AvgIpc) is 2.38. The van der Waals surface area contributed by atoms with Crippen molar-refractivity contribution in [1.29, 1.82) is 0 Å². The highest BCUT2D eigenvalue weighted by atomic mass is 16.5. The van der Waals surface area contributed by atoms with E-state index in [-0.39, 0.29) is 5.56 Å². The monoisotopic (exact) mass is 243 g/mol. The molecule has 0 fully saturated rings. The first-order chi connectivity index (χ1) is 8.66. The maximum Gasteiger partial charge on any atom is 0.335 e. The zero-order valence-electron chi connectivity index (χ0n) is 9.67. The molecule has 2 aromatic rings. The number of carbonyl (C=O) groups is 1. The Hall–Kier alpha value is -2.49. The lowest BCUT2D eigenvalue weighted by atomic mass is 10.2. The molecule has 0 atom stereocenters. The van der Waals surface area contributed by atoms with Crippen LogP contribution in [0.25, 0.3) is 0 Å². The highest BCUT2D eigenvalue weighted by molar-refractivity contribution is 5.89. The van der Waals surface area contributed by atoms with Gasteiger partial charge < -0.3 is 15.6 Å². The lowest BCUT2D eigenvalue weighted by Gasteiger charge is -2.09. The summed E-state index contributed by atoms with van der Waals surface area (Å²) in [4.78, 5) is 10.8. The van der Waals surface area contributed by atoms with Gasteiger partial charge in [-0.05, 0) is 23.8 Å². The van der Waals surface area contributed by atoms with Crippen molar-refractivity contribution < 1.29 is 14.6 Å². The van der Waals surface area contributed by atoms with Crippen LogP contribution < -0.4 is 10.5 Å². The molecule has 0 aromatic heterocycles. The second-order valence-electron chi connectivity index (χ2n) is 3.83.